The zero-order valence-electron chi connectivity index (χ0n) is 9.30. The number of hydrogen-bond acceptors (Lipinski definition) is 4. The highest BCUT2D eigenvalue weighted by molar-refractivity contribution is 5.96. The molecular weight excluding hydrogens is 218 g/mol. The van der Waals surface area contributed by atoms with Crippen molar-refractivity contribution in [3.05, 3.63) is 29.8 Å². The van der Waals surface area contributed by atoms with Crippen molar-refractivity contribution in [2.24, 2.45) is 5.73 Å². The molecule has 0 aromatic heterocycles. The SMILES string of the molecule is N#Cc1ccccc1N1CC(CN)OCC1=O. The summed E-state index contributed by atoms with van der Waals surface area (Å²) >= 11 is 0. The van der Waals surface area contributed by atoms with Gasteiger partial charge in [-0.3, -0.25) is 4.79 Å². The number of hydrogen-bond donors (Lipinski definition) is 1. The van der Waals surface area contributed by atoms with Crippen molar-refractivity contribution >= 4 is 11.6 Å². The molecule has 1 aliphatic heterocycles. The minimum atomic E-state index is -0.167. The number of rotatable bonds is 2. The Bertz CT molecular complexity index is 467. The largest absolute Gasteiger partial charge is 0.365 e. The van der Waals surface area contributed by atoms with Gasteiger partial charge in [0, 0.05) is 6.54 Å². The molecule has 1 amide bonds. The monoisotopic (exact) mass is 231 g/mol. The van der Waals surface area contributed by atoms with Gasteiger partial charge in [0.05, 0.1) is 23.9 Å². The number of benzene rings is 1. The van der Waals surface area contributed by atoms with Crippen LogP contribution in [-0.2, 0) is 9.53 Å². The summed E-state index contributed by atoms with van der Waals surface area (Å²) < 4.78 is 5.27. The van der Waals surface area contributed by atoms with Crippen LogP contribution in [0.25, 0.3) is 0 Å². The van der Waals surface area contributed by atoms with Crippen molar-refractivity contribution in [2.45, 2.75) is 6.10 Å². The van der Waals surface area contributed by atoms with E-state index in [1.807, 2.05) is 0 Å². The number of ether oxygens (including phenoxy) is 1. The molecule has 0 radical (unpaired) electrons. The Hall–Kier alpha value is -1.90. The first-order valence-corrected chi connectivity index (χ1v) is 5.37. The van der Waals surface area contributed by atoms with Crippen molar-refractivity contribution in [1.82, 2.24) is 0 Å². The van der Waals surface area contributed by atoms with Gasteiger partial charge in [-0.2, -0.15) is 5.26 Å². The molecule has 5 nitrogen and oxygen atoms in total. The van der Waals surface area contributed by atoms with Gasteiger partial charge in [0.1, 0.15) is 12.7 Å². The third-order valence-electron chi connectivity index (χ3n) is 2.71. The van der Waals surface area contributed by atoms with E-state index in [2.05, 4.69) is 6.07 Å². The zero-order chi connectivity index (χ0) is 12.3. The fourth-order valence-corrected chi connectivity index (χ4v) is 1.80. The van der Waals surface area contributed by atoms with Crippen LogP contribution in [0.3, 0.4) is 0 Å². The van der Waals surface area contributed by atoms with Gasteiger partial charge in [-0.05, 0) is 12.1 Å². The van der Waals surface area contributed by atoms with Gasteiger partial charge < -0.3 is 15.4 Å². The topological polar surface area (TPSA) is 79.3 Å². The standard InChI is InChI=1S/C12H13N3O2/c13-5-9-3-1-2-4-11(9)15-7-10(6-14)17-8-12(15)16/h1-4,10H,6-8,14H2. The highest BCUT2D eigenvalue weighted by Gasteiger charge is 2.27. The van der Waals surface area contributed by atoms with Crippen LogP contribution in [-0.4, -0.2) is 31.7 Å². The van der Waals surface area contributed by atoms with Crippen molar-refractivity contribution in [2.75, 3.05) is 24.6 Å². The molecule has 1 heterocycles. The molecule has 5 heteroatoms. The van der Waals surface area contributed by atoms with E-state index in [1.54, 1.807) is 29.2 Å². The average molecular weight is 231 g/mol. The van der Waals surface area contributed by atoms with Crippen LogP contribution in [0.4, 0.5) is 5.69 Å². The van der Waals surface area contributed by atoms with E-state index in [9.17, 15) is 4.79 Å². The lowest BCUT2D eigenvalue weighted by molar-refractivity contribution is -0.128. The number of nitrogens with zero attached hydrogens (tertiary/aromatic N) is 2. The van der Waals surface area contributed by atoms with Gasteiger partial charge in [0.2, 0.25) is 0 Å². The number of amides is 1. The Morgan fingerprint density at radius 3 is 3.00 bits per heavy atom. The van der Waals surface area contributed by atoms with E-state index in [0.29, 0.717) is 24.3 Å². The molecule has 1 atom stereocenters. The van der Waals surface area contributed by atoms with E-state index in [0.717, 1.165) is 0 Å². The average Bonchev–Trinajstić information content (AvgIpc) is 2.39. The summed E-state index contributed by atoms with van der Waals surface area (Å²) in [4.78, 5) is 13.3. The first kappa shape index (κ1) is 11.6. The summed E-state index contributed by atoms with van der Waals surface area (Å²) in [6.45, 7) is 0.772. The van der Waals surface area contributed by atoms with Gasteiger partial charge in [-0.25, -0.2) is 0 Å². The van der Waals surface area contributed by atoms with Crippen LogP contribution >= 0.6 is 0 Å². The fourth-order valence-electron chi connectivity index (χ4n) is 1.80. The smallest absolute Gasteiger partial charge is 0.253 e. The molecule has 2 rings (SSSR count). The molecule has 0 spiro atoms. The van der Waals surface area contributed by atoms with Crippen LogP contribution < -0.4 is 10.6 Å². The second-order valence-electron chi connectivity index (χ2n) is 3.80. The lowest BCUT2D eigenvalue weighted by atomic mass is 10.1. The van der Waals surface area contributed by atoms with Gasteiger partial charge in [0.15, 0.2) is 0 Å². The Morgan fingerprint density at radius 1 is 1.53 bits per heavy atom. The Labute approximate surface area is 99.4 Å². The number of morpholine rings is 1. The molecule has 0 bridgehead atoms. The molecule has 1 unspecified atom stereocenters. The van der Waals surface area contributed by atoms with Crippen molar-refractivity contribution in [1.29, 1.82) is 5.26 Å². The first-order valence-electron chi connectivity index (χ1n) is 5.37. The predicted octanol–water partition coefficient (Wildman–Crippen LogP) is 0.249. The summed E-state index contributed by atoms with van der Waals surface area (Å²) in [5, 5.41) is 9.01. The van der Waals surface area contributed by atoms with E-state index in [-0.39, 0.29) is 18.6 Å². The Morgan fingerprint density at radius 2 is 2.29 bits per heavy atom. The third-order valence-corrected chi connectivity index (χ3v) is 2.71. The summed E-state index contributed by atoms with van der Waals surface area (Å²) in [7, 11) is 0. The van der Waals surface area contributed by atoms with E-state index in [1.165, 1.54) is 0 Å². The van der Waals surface area contributed by atoms with Crippen LogP contribution in [0.2, 0.25) is 0 Å². The maximum atomic E-state index is 11.8. The van der Waals surface area contributed by atoms with Gasteiger partial charge in [-0.1, -0.05) is 12.1 Å². The van der Waals surface area contributed by atoms with Gasteiger partial charge >= 0.3 is 0 Å². The number of carbonyl (C=O) groups is 1. The van der Waals surface area contributed by atoms with Crippen molar-refractivity contribution in [3.8, 4) is 6.07 Å². The van der Waals surface area contributed by atoms with Crippen LogP contribution in [0.1, 0.15) is 5.56 Å². The van der Waals surface area contributed by atoms with Crippen molar-refractivity contribution in [3.63, 3.8) is 0 Å². The fraction of sp³-hybridized carbons (Fsp3) is 0.333. The van der Waals surface area contributed by atoms with Gasteiger partial charge in [-0.15, -0.1) is 0 Å². The second kappa shape index (κ2) is 4.95. The third kappa shape index (κ3) is 2.28. The summed E-state index contributed by atoms with van der Waals surface area (Å²) in [5.41, 5.74) is 6.64. The first-order chi connectivity index (χ1) is 8.26. The maximum Gasteiger partial charge on any atom is 0.253 e. The highest BCUT2D eigenvalue weighted by Crippen LogP contribution is 2.22. The molecular formula is C12H13N3O2. The minimum absolute atomic E-state index is 0.0155. The number of carbonyl (C=O) groups excluding carboxylic acids is 1. The van der Waals surface area contributed by atoms with Crippen LogP contribution in [0, 0.1) is 11.3 Å². The van der Waals surface area contributed by atoms with Crippen molar-refractivity contribution < 1.29 is 9.53 Å². The minimum Gasteiger partial charge on any atom is -0.365 e. The highest BCUT2D eigenvalue weighted by atomic mass is 16.5. The maximum absolute atomic E-state index is 11.8. The second-order valence-corrected chi connectivity index (χ2v) is 3.80. The van der Waals surface area contributed by atoms with Crippen LogP contribution in [0.15, 0.2) is 24.3 Å². The molecule has 17 heavy (non-hydrogen) atoms. The Balaban J connectivity index is 2.31. The molecule has 2 N–H and O–H groups in total. The number of nitriles is 1. The Kier molecular flexibility index (Phi) is 3.38. The molecule has 1 aliphatic rings. The molecule has 0 saturated carbocycles. The number of anilines is 1. The molecule has 1 fully saturated rings. The zero-order valence-corrected chi connectivity index (χ0v) is 9.30. The normalized spacial score (nSPS) is 20.1. The lowest BCUT2D eigenvalue weighted by Crippen LogP contribution is -2.49. The summed E-state index contributed by atoms with van der Waals surface area (Å²) in [5.74, 6) is -0.141. The van der Waals surface area contributed by atoms with Crippen LogP contribution in [0.5, 0.6) is 0 Å². The van der Waals surface area contributed by atoms with E-state index in [4.69, 9.17) is 15.7 Å². The molecule has 1 saturated heterocycles. The number of para-hydroxylation sites is 1. The van der Waals surface area contributed by atoms with Gasteiger partial charge in [0.25, 0.3) is 5.91 Å². The number of nitrogens with two attached hydrogens (primary N) is 1. The predicted molar refractivity (Wildman–Crippen MR) is 62.3 cm³/mol. The quantitative estimate of drug-likeness (QED) is 0.791. The van der Waals surface area contributed by atoms with E-state index >= 15 is 0 Å². The van der Waals surface area contributed by atoms with E-state index < -0.39 is 0 Å². The lowest BCUT2D eigenvalue weighted by Gasteiger charge is -2.32. The molecule has 1 aromatic carbocycles. The summed E-state index contributed by atoms with van der Waals surface area (Å²) in [6.07, 6.45) is -0.167. The summed E-state index contributed by atoms with van der Waals surface area (Å²) in [6, 6.07) is 9.10. The molecule has 0 aliphatic carbocycles. The molecule has 88 valence electrons. The molecule has 1 aromatic rings.